The lowest BCUT2D eigenvalue weighted by atomic mass is 10.1. The highest BCUT2D eigenvalue weighted by Gasteiger charge is 2.15. The van der Waals surface area contributed by atoms with E-state index in [-0.39, 0.29) is 5.91 Å². The van der Waals surface area contributed by atoms with Crippen LogP contribution in [0.1, 0.15) is 30.7 Å². The first-order chi connectivity index (χ1) is 12.1. The van der Waals surface area contributed by atoms with Crippen LogP contribution in [0, 0.1) is 0 Å². The largest absolute Gasteiger partial charge is 0.376 e. The number of thioether (sulfide) groups is 1. The first kappa shape index (κ1) is 18.0. The molecule has 0 fully saturated rings. The van der Waals surface area contributed by atoms with Gasteiger partial charge in [-0.1, -0.05) is 26.0 Å². The molecule has 0 aliphatic carbocycles. The number of nitrogens with zero attached hydrogens (tertiary/aromatic N) is 2. The van der Waals surface area contributed by atoms with E-state index in [2.05, 4.69) is 36.4 Å². The van der Waals surface area contributed by atoms with Gasteiger partial charge in [0.05, 0.1) is 32.4 Å². The fourth-order valence-electron chi connectivity index (χ4n) is 2.91. The van der Waals surface area contributed by atoms with E-state index in [1.54, 1.807) is 0 Å². The van der Waals surface area contributed by atoms with Crippen LogP contribution in [0.4, 0.5) is 0 Å². The summed E-state index contributed by atoms with van der Waals surface area (Å²) in [4.78, 5) is 13.4. The molecule has 1 aromatic carbocycles. The van der Waals surface area contributed by atoms with Crippen molar-refractivity contribution in [2.75, 3.05) is 13.2 Å². The summed E-state index contributed by atoms with van der Waals surface area (Å²) < 4.78 is 7.41. The van der Waals surface area contributed by atoms with E-state index in [9.17, 15) is 4.79 Å². The molecule has 6 heteroatoms. The molecule has 0 atom stereocenters. The Morgan fingerprint density at radius 3 is 2.92 bits per heavy atom. The van der Waals surface area contributed by atoms with Crippen molar-refractivity contribution in [2.45, 2.75) is 50.0 Å². The molecule has 25 heavy (non-hydrogen) atoms. The molecule has 2 heterocycles. The van der Waals surface area contributed by atoms with Crippen LogP contribution in [-0.4, -0.2) is 34.1 Å². The molecule has 5 nitrogen and oxygen atoms in total. The minimum absolute atomic E-state index is 0.0496. The van der Waals surface area contributed by atoms with Crippen LogP contribution in [0.5, 0.6) is 0 Å². The van der Waals surface area contributed by atoms with Crippen molar-refractivity contribution >= 4 is 17.7 Å². The van der Waals surface area contributed by atoms with Gasteiger partial charge < -0.3 is 10.1 Å². The smallest absolute Gasteiger partial charge is 0.224 e. The van der Waals surface area contributed by atoms with E-state index >= 15 is 0 Å². The maximum Gasteiger partial charge on any atom is 0.224 e. The third-order valence-electron chi connectivity index (χ3n) is 4.08. The monoisotopic (exact) mass is 359 g/mol. The zero-order valence-corrected chi connectivity index (χ0v) is 15.6. The lowest BCUT2D eigenvalue weighted by Gasteiger charge is -2.14. The number of nitrogens with one attached hydrogen (secondary N) is 1. The van der Waals surface area contributed by atoms with Crippen molar-refractivity contribution in [2.24, 2.45) is 0 Å². The SMILES string of the molecule is CC(C)Sc1ccc(CC(=O)NCCn2ncc3c2CCOC3)cc1. The highest BCUT2D eigenvalue weighted by atomic mass is 32.2. The van der Waals surface area contributed by atoms with E-state index < -0.39 is 0 Å². The van der Waals surface area contributed by atoms with Crippen molar-refractivity contribution in [3.8, 4) is 0 Å². The summed E-state index contributed by atoms with van der Waals surface area (Å²) in [5.74, 6) is 0.0496. The maximum absolute atomic E-state index is 12.1. The second kappa shape index (κ2) is 8.54. The second-order valence-electron chi connectivity index (χ2n) is 6.48. The second-order valence-corrected chi connectivity index (χ2v) is 8.13. The summed E-state index contributed by atoms with van der Waals surface area (Å²) in [5.41, 5.74) is 3.44. The third kappa shape index (κ3) is 5.09. The summed E-state index contributed by atoms with van der Waals surface area (Å²) in [6, 6.07) is 8.25. The fraction of sp³-hybridized carbons (Fsp3) is 0.474. The molecule has 1 aliphatic heterocycles. The number of benzene rings is 1. The Kier molecular flexibility index (Phi) is 6.15. The molecule has 1 N–H and O–H groups in total. The molecule has 0 bridgehead atoms. The first-order valence-electron chi connectivity index (χ1n) is 8.75. The Bertz CT molecular complexity index is 710. The number of fused-ring (bicyclic) bond motifs is 1. The van der Waals surface area contributed by atoms with Gasteiger partial charge in [0.1, 0.15) is 0 Å². The van der Waals surface area contributed by atoms with Crippen LogP contribution < -0.4 is 5.32 Å². The van der Waals surface area contributed by atoms with Crippen molar-refractivity contribution in [3.63, 3.8) is 0 Å². The molecule has 2 aromatic rings. The Balaban J connectivity index is 1.44. The number of carbonyl (C=O) groups is 1. The van der Waals surface area contributed by atoms with E-state index in [0.29, 0.717) is 31.4 Å². The zero-order chi connectivity index (χ0) is 17.6. The van der Waals surface area contributed by atoms with Gasteiger partial charge in [-0.25, -0.2) is 0 Å². The van der Waals surface area contributed by atoms with Gasteiger partial charge in [-0.05, 0) is 17.7 Å². The fourth-order valence-corrected chi connectivity index (χ4v) is 3.75. The van der Waals surface area contributed by atoms with E-state index in [4.69, 9.17) is 4.74 Å². The number of hydrogen-bond donors (Lipinski definition) is 1. The van der Waals surface area contributed by atoms with Gasteiger partial charge in [0.15, 0.2) is 0 Å². The molecule has 1 aromatic heterocycles. The number of aromatic nitrogens is 2. The van der Waals surface area contributed by atoms with Gasteiger partial charge in [0.25, 0.3) is 0 Å². The molecule has 1 aliphatic rings. The predicted molar refractivity (Wildman–Crippen MR) is 99.7 cm³/mol. The van der Waals surface area contributed by atoms with E-state index in [0.717, 1.165) is 24.2 Å². The van der Waals surface area contributed by atoms with Crippen LogP contribution in [0.15, 0.2) is 35.4 Å². The summed E-state index contributed by atoms with van der Waals surface area (Å²) in [6.45, 7) is 7.04. The van der Waals surface area contributed by atoms with E-state index in [1.807, 2.05) is 34.8 Å². The lowest BCUT2D eigenvalue weighted by molar-refractivity contribution is -0.120. The Labute approximate surface area is 153 Å². The van der Waals surface area contributed by atoms with Crippen LogP contribution in [0.2, 0.25) is 0 Å². The molecule has 1 amide bonds. The predicted octanol–water partition coefficient (Wildman–Crippen LogP) is 2.82. The molecular weight excluding hydrogens is 334 g/mol. The quantitative estimate of drug-likeness (QED) is 0.773. The normalized spacial score (nSPS) is 13.7. The van der Waals surface area contributed by atoms with Gasteiger partial charge in [-0.2, -0.15) is 5.10 Å². The van der Waals surface area contributed by atoms with Crippen LogP contribution in [0.25, 0.3) is 0 Å². The number of ether oxygens (including phenoxy) is 1. The van der Waals surface area contributed by atoms with Crippen LogP contribution in [0.3, 0.4) is 0 Å². The number of carbonyl (C=O) groups excluding carboxylic acids is 1. The van der Waals surface area contributed by atoms with Crippen molar-refractivity contribution in [1.29, 1.82) is 0 Å². The zero-order valence-electron chi connectivity index (χ0n) is 14.8. The van der Waals surface area contributed by atoms with Gasteiger partial charge in [0, 0.05) is 34.4 Å². The highest BCUT2D eigenvalue weighted by molar-refractivity contribution is 7.99. The van der Waals surface area contributed by atoms with Gasteiger partial charge in [-0.3, -0.25) is 9.48 Å². The van der Waals surface area contributed by atoms with Gasteiger partial charge in [0.2, 0.25) is 5.91 Å². The van der Waals surface area contributed by atoms with Gasteiger partial charge >= 0.3 is 0 Å². The molecule has 0 radical (unpaired) electrons. The van der Waals surface area contributed by atoms with Crippen molar-refractivity contribution in [3.05, 3.63) is 47.3 Å². The van der Waals surface area contributed by atoms with Gasteiger partial charge in [-0.15, -0.1) is 11.8 Å². The Morgan fingerprint density at radius 2 is 2.16 bits per heavy atom. The Hall–Kier alpha value is -1.79. The molecule has 0 spiro atoms. The maximum atomic E-state index is 12.1. The Morgan fingerprint density at radius 1 is 1.36 bits per heavy atom. The molecule has 134 valence electrons. The molecule has 0 saturated heterocycles. The topological polar surface area (TPSA) is 56.2 Å². The number of amides is 1. The summed E-state index contributed by atoms with van der Waals surface area (Å²) >= 11 is 1.83. The average molecular weight is 359 g/mol. The molecule has 0 saturated carbocycles. The molecular formula is C19H25N3O2S. The summed E-state index contributed by atoms with van der Waals surface area (Å²) in [7, 11) is 0. The number of hydrogen-bond acceptors (Lipinski definition) is 4. The summed E-state index contributed by atoms with van der Waals surface area (Å²) in [5, 5.41) is 7.95. The molecule has 0 unspecified atom stereocenters. The third-order valence-corrected chi connectivity index (χ3v) is 5.10. The highest BCUT2D eigenvalue weighted by Crippen LogP contribution is 2.23. The van der Waals surface area contributed by atoms with Crippen LogP contribution in [-0.2, 0) is 35.5 Å². The minimum Gasteiger partial charge on any atom is -0.376 e. The van der Waals surface area contributed by atoms with Crippen molar-refractivity contribution in [1.82, 2.24) is 15.1 Å². The van der Waals surface area contributed by atoms with Crippen molar-refractivity contribution < 1.29 is 9.53 Å². The minimum atomic E-state index is 0.0496. The van der Waals surface area contributed by atoms with Crippen LogP contribution >= 0.6 is 11.8 Å². The lowest BCUT2D eigenvalue weighted by Crippen LogP contribution is -2.29. The standard InChI is InChI=1S/C19H25N3O2S/c1-14(2)25-17-5-3-15(4-6-17)11-19(23)20-8-9-22-18-7-10-24-13-16(18)12-21-22/h3-6,12,14H,7-11,13H2,1-2H3,(H,20,23). The molecule has 3 rings (SSSR count). The first-order valence-corrected chi connectivity index (χ1v) is 9.63. The van der Waals surface area contributed by atoms with E-state index in [1.165, 1.54) is 10.6 Å². The summed E-state index contributed by atoms with van der Waals surface area (Å²) in [6.07, 6.45) is 3.18. The average Bonchev–Trinajstić information content (AvgIpc) is 3.00. The number of rotatable bonds is 7.